The minimum atomic E-state index is 0.285. The summed E-state index contributed by atoms with van der Waals surface area (Å²) in [5.41, 5.74) is 6.23. The number of anilines is 3. The molecule has 0 saturated carbocycles. The number of hydrogen-bond acceptors (Lipinski definition) is 3. The number of phenols is 1. The molecule has 0 unspecified atom stereocenters. The molecule has 4 heteroatoms. The molecule has 0 bridgehead atoms. The zero-order chi connectivity index (χ0) is 17.7. The Balaban J connectivity index is 2.06. The minimum Gasteiger partial charge on any atom is -0.506 e. The number of fused-ring (bicyclic) bond motifs is 2. The second kappa shape index (κ2) is 6.01. The molecule has 126 valence electrons. The molecule has 2 nitrogen and oxygen atoms in total. The predicted octanol–water partition coefficient (Wildman–Crippen LogP) is 6.91. The molecule has 3 aromatic carbocycles. The first kappa shape index (κ1) is 16.4. The van der Waals surface area contributed by atoms with Gasteiger partial charge in [-0.05, 0) is 73.9 Å². The van der Waals surface area contributed by atoms with Crippen molar-refractivity contribution in [2.24, 2.45) is 0 Å². The smallest absolute Gasteiger partial charge is 0.140 e. The van der Waals surface area contributed by atoms with Gasteiger partial charge in [0.2, 0.25) is 0 Å². The quantitative estimate of drug-likeness (QED) is 0.395. The number of phenolic OH excluding ortho intramolecular Hbond substituents is 1. The molecule has 1 aliphatic rings. The van der Waals surface area contributed by atoms with E-state index in [9.17, 15) is 5.11 Å². The van der Waals surface area contributed by atoms with Crippen LogP contribution >= 0.6 is 23.4 Å². The van der Waals surface area contributed by atoms with E-state index in [0.29, 0.717) is 5.02 Å². The van der Waals surface area contributed by atoms with Gasteiger partial charge in [0.25, 0.3) is 0 Å². The molecular weight excluding hydrogens is 350 g/mol. The fourth-order valence-corrected chi connectivity index (χ4v) is 4.50. The number of para-hydroxylation sites is 1. The highest BCUT2D eigenvalue weighted by molar-refractivity contribution is 7.99. The third-order valence-electron chi connectivity index (χ3n) is 4.82. The van der Waals surface area contributed by atoms with Gasteiger partial charge in [0.15, 0.2) is 0 Å². The van der Waals surface area contributed by atoms with Crippen LogP contribution in [0, 0.1) is 20.8 Å². The van der Waals surface area contributed by atoms with Gasteiger partial charge in [0, 0.05) is 14.8 Å². The van der Waals surface area contributed by atoms with Crippen molar-refractivity contribution >= 4 is 40.4 Å². The van der Waals surface area contributed by atoms with Crippen molar-refractivity contribution in [2.45, 2.75) is 30.6 Å². The van der Waals surface area contributed by atoms with E-state index in [-0.39, 0.29) is 5.75 Å². The monoisotopic (exact) mass is 367 g/mol. The van der Waals surface area contributed by atoms with Crippen molar-refractivity contribution < 1.29 is 5.11 Å². The first-order valence-corrected chi connectivity index (χ1v) is 9.33. The fourth-order valence-electron chi connectivity index (χ4n) is 3.30. The van der Waals surface area contributed by atoms with Crippen LogP contribution < -0.4 is 4.90 Å². The van der Waals surface area contributed by atoms with Gasteiger partial charge in [-0.25, -0.2) is 0 Å². The lowest BCUT2D eigenvalue weighted by Gasteiger charge is -2.34. The number of hydrogen-bond donors (Lipinski definition) is 1. The first-order chi connectivity index (χ1) is 12.0. The zero-order valence-corrected chi connectivity index (χ0v) is 15.9. The summed E-state index contributed by atoms with van der Waals surface area (Å²) >= 11 is 8.02. The second-order valence-electron chi connectivity index (χ2n) is 6.33. The Bertz CT molecular complexity index is 999. The lowest BCUT2D eigenvalue weighted by Crippen LogP contribution is -2.16. The number of nitrogens with zero attached hydrogens (tertiary/aromatic N) is 1. The zero-order valence-electron chi connectivity index (χ0n) is 14.3. The summed E-state index contributed by atoms with van der Waals surface area (Å²) in [7, 11) is 0. The number of rotatable bonds is 1. The molecular formula is C21H18ClNOS. The summed E-state index contributed by atoms with van der Waals surface area (Å²) in [5, 5.41) is 11.5. The topological polar surface area (TPSA) is 23.5 Å². The molecule has 0 aliphatic carbocycles. The van der Waals surface area contributed by atoms with Crippen LogP contribution in [-0.4, -0.2) is 5.11 Å². The minimum absolute atomic E-state index is 0.285. The Morgan fingerprint density at radius 1 is 0.880 bits per heavy atom. The van der Waals surface area contributed by atoms with Crippen LogP contribution in [0.5, 0.6) is 5.75 Å². The molecule has 0 atom stereocenters. The largest absolute Gasteiger partial charge is 0.506 e. The Labute approximate surface area is 157 Å². The van der Waals surface area contributed by atoms with Gasteiger partial charge in [-0.1, -0.05) is 35.5 Å². The SMILES string of the molecule is Cc1cc(O)c(N2c3ccccc3Sc3ccc(Cl)cc32)c(C)c1C. The maximum Gasteiger partial charge on any atom is 0.140 e. The molecule has 1 N–H and O–H groups in total. The van der Waals surface area contributed by atoms with Gasteiger partial charge in [0.1, 0.15) is 5.75 Å². The van der Waals surface area contributed by atoms with Gasteiger partial charge in [-0.2, -0.15) is 0 Å². The van der Waals surface area contributed by atoms with E-state index in [1.54, 1.807) is 11.8 Å². The Morgan fingerprint density at radius 3 is 2.40 bits per heavy atom. The van der Waals surface area contributed by atoms with Crippen molar-refractivity contribution in [1.29, 1.82) is 0 Å². The van der Waals surface area contributed by atoms with E-state index in [1.165, 1.54) is 5.56 Å². The van der Waals surface area contributed by atoms with Crippen molar-refractivity contribution in [3.8, 4) is 5.75 Å². The van der Waals surface area contributed by atoms with Crippen LogP contribution in [0.25, 0.3) is 0 Å². The van der Waals surface area contributed by atoms with E-state index >= 15 is 0 Å². The van der Waals surface area contributed by atoms with E-state index in [1.807, 2.05) is 43.3 Å². The summed E-state index contributed by atoms with van der Waals surface area (Å²) in [6.45, 7) is 6.18. The Kier molecular flexibility index (Phi) is 3.94. The van der Waals surface area contributed by atoms with Crippen LogP contribution in [0.3, 0.4) is 0 Å². The first-order valence-electron chi connectivity index (χ1n) is 8.13. The molecule has 0 spiro atoms. The lowest BCUT2D eigenvalue weighted by molar-refractivity contribution is 0.475. The molecule has 0 radical (unpaired) electrons. The third-order valence-corrected chi connectivity index (χ3v) is 6.18. The van der Waals surface area contributed by atoms with Crippen molar-refractivity contribution in [3.05, 3.63) is 70.2 Å². The molecule has 0 amide bonds. The van der Waals surface area contributed by atoms with E-state index < -0.39 is 0 Å². The standard InChI is InChI=1S/C21H18ClNOS/c1-12-10-18(24)21(14(3)13(12)2)23-16-6-4-5-7-19(16)25-20-9-8-15(22)11-17(20)23/h4-11,24H,1-3H3. The Morgan fingerprint density at radius 2 is 1.60 bits per heavy atom. The summed E-state index contributed by atoms with van der Waals surface area (Å²) < 4.78 is 0. The predicted molar refractivity (Wildman–Crippen MR) is 106 cm³/mol. The van der Waals surface area contributed by atoms with Crippen LogP contribution in [0.4, 0.5) is 17.1 Å². The van der Waals surface area contributed by atoms with Crippen LogP contribution in [0.15, 0.2) is 58.3 Å². The Hall–Kier alpha value is -2.10. The van der Waals surface area contributed by atoms with Gasteiger partial charge >= 0.3 is 0 Å². The number of halogens is 1. The van der Waals surface area contributed by atoms with Gasteiger partial charge in [0.05, 0.1) is 17.1 Å². The highest BCUT2D eigenvalue weighted by Gasteiger charge is 2.28. The molecule has 3 aromatic rings. The summed E-state index contributed by atoms with van der Waals surface area (Å²) in [6, 6.07) is 16.0. The van der Waals surface area contributed by atoms with E-state index in [4.69, 9.17) is 11.6 Å². The normalized spacial score (nSPS) is 12.7. The van der Waals surface area contributed by atoms with Crippen molar-refractivity contribution in [3.63, 3.8) is 0 Å². The molecule has 1 heterocycles. The lowest BCUT2D eigenvalue weighted by atomic mass is 10.00. The maximum absolute atomic E-state index is 10.8. The average molecular weight is 368 g/mol. The summed E-state index contributed by atoms with van der Waals surface area (Å²) in [6.07, 6.45) is 0. The van der Waals surface area contributed by atoms with Gasteiger partial charge in [-0.15, -0.1) is 0 Å². The van der Waals surface area contributed by atoms with Crippen LogP contribution in [0.1, 0.15) is 16.7 Å². The molecule has 0 fully saturated rings. The number of benzene rings is 3. The van der Waals surface area contributed by atoms with Crippen molar-refractivity contribution in [1.82, 2.24) is 0 Å². The number of aryl methyl sites for hydroxylation is 1. The average Bonchev–Trinajstić information content (AvgIpc) is 2.59. The van der Waals surface area contributed by atoms with Crippen molar-refractivity contribution in [2.75, 3.05) is 4.90 Å². The highest BCUT2D eigenvalue weighted by atomic mass is 35.5. The van der Waals surface area contributed by atoms with Gasteiger partial charge in [-0.3, -0.25) is 0 Å². The summed E-state index contributed by atoms with van der Waals surface area (Å²) in [4.78, 5) is 4.42. The van der Waals surface area contributed by atoms with Crippen LogP contribution in [0.2, 0.25) is 5.02 Å². The summed E-state index contributed by atoms with van der Waals surface area (Å²) in [5.74, 6) is 0.285. The maximum atomic E-state index is 10.8. The third kappa shape index (κ3) is 2.59. The molecule has 0 saturated heterocycles. The molecule has 0 aromatic heterocycles. The molecule has 25 heavy (non-hydrogen) atoms. The molecule has 1 aliphatic heterocycles. The highest BCUT2D eigenvalue weighted by Crippen LogP contribution is 2.54. The van der Waals surface area contributed by atoms with E-state index in [0.717, 1.165) is 38.0 Å². The van der Waals surface area contributed by atoms with Gasteiger partial charge < -0.3 is 10.0 Å². The van der Waals surface area contributed by atoms with Crippen LogP contribution in [-0.2, 0) is 0 Å². The number of aromatic hydroxyl groups is 1. The van der Waals surface area contributed by atoms with E-state index in [2.05, 4.69) is 30.9 Å². The fraction of sp³-hybridized carbons (Fsp3) is 0.143. The second-order valence-corrected chi connectivity index (χ2v) is 7.85. The molecule has 4 rings (SSSR count).